The monoisotopic (exact) mass is 370 g/mol. The fraction of sp³-hybridized carbons (Fsp3) is 0.375. The lowest BCUT2D eigenvalue weighted by Crippen LogP contribution is -2.53. The summed E-state index contributed by atoms with van der Waals surface area (Å²) in [5.41, 5.74) is 2.36. The lowest BCUT2D eigenvalue weighted by Gasteiger charge is -2.40. The van der Waals surface area contributed by atoms with Gasteiger partial charge in [0.1, 0.15) is 4.21 Å². The van der Waals surface area contributed by atoms with Gasteiger partial charge in [-0.15, -0.1) is 11.3 Å². The van der Waals surface area contributed by atoms with E-state index in [1.54, 1.807) is 16.4 Å². The van der Waals surface area contributed by atoms with Crippen molar-refractivity contribution in [1.29, 1.82) is 0 Å². The summed E-state index contributed by atoms with van der Waals surface area (Å²) in [5.74, 6) is 0. The standard InChI is InChI=1S/C16H19ClN2O2S2/c1-12-3-5-14(6-4-12)19-10-9-18(11-13(19)2)23(20,21)16-8-7-15(17)22-16/h3-8,13H,9-11H2,1-2H3/t13-/m0/s1. The average molecular weight is 371 g/mol. The van der Waals surface area contributed by atoms with Crippen molar-refractivity contribution in [2.75, 3.05) is 24.5 Å². The molecular formula is C16H19ClN2O2S2. The van der Waals surface area contributed by atoms with Crippen molar-refractivity contribution in [3.8, 4) is 0 Å². The highest BCUT2D eigenvalue weighted by Crippen LogP contribution is 2.30. The number of sulfonamides is 1. The molecule has 23 heavy (non-hydrogen) atoms. The van der Waals surface area contributed by atoms with Crippen LogP contribution in [0.3, 0.4) is 0 Å². The van der Waals surface area contributed by atoms with Crippen molar-refractivity contribution >= 4 is 38.6 Å². The van der Waals surface area contributed by atoms with E-state index < -0.39 is 10.0 Å². The van der Waals surface area contributed by atoms with Gasteiger partial charge in [-0.1, -0.05) is 29.3 Å². The van der Waals surface area contributed by atoms with Crippen LogP contribution in [0.4, 0.5) is 5.69 Å². The molecule has 0 amide bonds. The van der Waals surface area contributed by atoms with Crippen LogP contribution >= 0.6 is 22.9 Å². The Morgan fingerprint density at radius 1 is 1.13 bits per heavy atom. The third-order valence-electron chi connectivity index (χ3n) is 4.10. The minimum absolute atomic E-state index is 0.122. The maximum Gasteiger partial charge on any atom is 0.252 e. The van der Waals surface area contributed by atoms with E-state index in [1.807, 2.05) is 0 Å². The predicted octanol–water partition coefficient (Wildman–Crippen LogP) is 3.61. The molecule has 0 bridgehead atoms. The molecule has 1 aromatic heterocycles. The van der Waals surface area contributed by atoms with Crippen LogP contribution < -0.4 is 4.90 Å². The van der Waals surface area contributed by atoms with Crippen LogP contribution in [0.15, 0.2) is 40.6 Å². The lowest BCUT2D eigenvalue weighted by atomic mass is 10.1. The Bertz CT molecular complexity index is 787. The lowest BCUT2D eigenvalue weighted by molar-refractivity contribution is 0.343. The van der Waals surface area contributed by atoms with Crippen molar-refractivity contribution in [2.45, 2.75) is 24.1 Å². The number of hydrogen-bond donors (Lipinski definition) is 0. The minimum Gasteiger partial charge on any atom is -0.366 e. The molecule has 2 heterocycles. The molecule has 0 aliphatic carbocycles. The molecule has 0 radical (unpaired) electrons. The largest absolute Gasteiger partial charge is 0.366 e. The highest BCUT2D eigenvalue weighted by Gasteiger charge is 2.33. The molecule has 0 saturated carbocycles. The molecule has 1 saturated heterocycles. The smallest absolute Gasteiger partial charge is 0.252 e. The first-order valence-corrected chi connectivity index (χ1v) is 10.1. The van der Waals surface area contributed by atoms with Gasteiger partial charge in [-0.2, -0.15) is 4.31 Å². The number of nitrogens with zero attached hydrogens (tertiary/aromatic N) is 2. The van der Waals surface area contributed by atoms with Gasteiger partial charge >= 0.3 is 0 Å². The first-order valence-electron chi connectivity index (χ1n) is 7.47. The molecule has 1 aromatic carbocycles. The molecule has 0 spiro atoms. The molecule has 1 aliphatic heterocycles. The SMILES string of the molecule is Cc1ccc(N2CCN(S(=O)(=O)c3ccc(Cl)s3)C[C@@H]2C)cc1. The van der Waals surface area contributed by atoms with Crippen LogP contribution in [0.1, 0.15) is 12.5 Å². The molecule has 1 atom stereocenters. The van der Waals surface area contributed by atoms with Crippen molar-refractivity contribution in [1.82, 2.24) is 4.31 Å². The second kappa shape index (κ2) is 6.43. The Labute approximate surface area is 146 Å². The first-order chi connectivity index (χ1) is 10.9. The van der Waals surface area contributed by atoms with Gasteiger partial charge in [-0.3, -0.25) is 0 Å². The molecule has 4 nitrogen and oxygen atoms in total. The van der Waals surface area contributed by atoms with E-state index in [2.05, 4.69) is 43.0 Å². The number of aryl methyl sites for hydroxylation is 1. The van der Waals surface area contributed by atoms with Crippen molar-refractivity contribution < 1.29 is 8.42 Å². The van der Waals surface area contributed by atoms with Gasteiger partial charge in [0.05, 0.1) is 4.34 Å². The summed E-state index contributed by atoms with van der Waals surface area (Å²) in [4.78, 5) is 2.26. The number of anilines is 1. The van der Waals surface area contributed by atoms with Gasteiger partial charge in [-0.25, -0.2) is 8.42 Å². The summed E-state index contributed by atoms with van der Waals surface area (Å²) in [5, 5.41) is 0. The Morgan fingerprint density at radius 2 is 1.83 bits per heavy atom. The van der Waals surface area contributed by atoms with Gasteiger partial charge in [0.25, 0.3) is 10.0 Å². The minimum atomic E-state index is -3.45. The quantitative estimate of drug-likeness (QED) is 0.828. The Hall–Kier alpha value is -1.08. The molecule has 0 unspecified atom stereocenters. The normalized spacial score (nSPS) is 20.0. The summed E-state index contributed by atoms with van der Waals surface area (Å²) < 4.78 is 27.8. The van der Waals surface area contributed by atoms with E-state index in [9.17, 15) is 8.42 Å². The second-order valence-corrected chi connectivity index (χ2v) is 9.68. The fourth-order valence-corrected chi connectivity index (χ4v) is 5.98. The zero-order valence-corrected chi connectivity index (χ0v) is 15.5. The van der Waals surface area contributed by atoms with Crippen LogP contribution in [0.2, 0.25) is 4.34 Å². The van der Waals surface area contributed by atoms with Crippen molar-refractivity contribution in [3.63, 3.8) is 0 Å². The number of hydrogen-bond acceptors (Lipinski definition) is 4. The summed E-state index contributed by atoms with van der Waals surface area (Å²) in [6.07, 6.45) is 0. The Balaban J connectivity index is 1.77. The highest BCUT2D eigenvalue weighted by atomic mass is 35.5. The first kappa shape index (κ1) is 16.8. The topological polar surface area (TPSA) is 40.6 Å². The van der Waals surface area contributed by atoms with E-state index >= 15 is 0 Å². The van der Waals surface area contributed by atoms with Crippen LogP contribution in [0, 0.1) is 6.92 Å². The van der Waals surface area contributed by atoms with Crippen LogP contribution in [-0.4, -0.2) is 38.4 Å². The van der Waals surface area contributed by atoms with Crippen molar-refractivity contribution in [3.05, 3.63) is 46.3 Å². The van der Waals surface area contributed by atoms with Crippen LogP contribution in [0.25, 0.3) is 0 Å². The van der Waals surface area contributed by atoms with E-state index in [0.29, 0.717) is 28.2 Å². The molecule has 3 rings (SSSR count). The maximum absolute atomic E-state index is 12.7. The van der Waals surface area contributed by atoms with E-state index in [1.165, 1.54) is 5.56 Å². The molecular weight excluding hydrogens is 352 g/mol. The highest BCUT2D eigenvalue weighted by molar-refractivity contribution is 7.91. The zero-order valence-electron chi connectivity index (χ0n) is 13.1. The fourth-order valence-electron chi connectivity index (χ4n) is 2.83. The van der Waals surface area contributed by atoms with Gasteiger partial charge in [0.15, 0.2) is 0 Å². The molecule has 1 fully saturated rings. The summed E-state index contributed by atoms with van der Waals surface area (Å²) in [7, 11) is -3.45. The van der Waals surface area contributed by atoms with Gasteiger partial charge < -0.3 is 4.90 Å². The third kappa shape index (κ3) is 3.40. The average Bonchev–Trinajstić information content (AvgIpc) is 2.95. The summed E-state index contributed by atoms with van der Waals surface area (Å²) >= 11 is 6.99. The second-order valence-electron chi connectivity index (χ2n) is 5.80. The summed E-state index contributed by atoms with van der Waals surface area (Å²) in [6.45, 7) is 5.76. The van der Waals surface area contributed by atoms with E-state index in [-0.39, 0.29) is 6.04 Å². The molecule has 0 N–H and O–H groups in total. The van der Waals surface area contributed by atoms with Gasteiger partial charge in [0.2, 0.25) is 0 Å². The van der Waals surface area contributed by atoms with Gasteiger partial charge in [-0.05, 0) is 38.1 Å². The molecule has 124 valence electrons. The molecule has 1 aliphatic rings. The Morgan fingerprint density at radius 3 is 2.39 bits per heavy atom. The van der Waals surface area contributed by atoms with Crippen molar-refractivity contribution in [2.24, 2.45) is 0 Å². The summed E-state index contributed by atoms with van der Waals surface area (Å²) in [6, 6.07) is 11.7. The molecule has 7 heteroatoms. The predicted molar refractivity (Wildman–Crippen MR) is 96.1 cm³/mol. The molecule has 2 aromatic rings. The van der Waals surface area contributed by atoms with E-state index in [0.717, 1.165) is 17.0 Å². The number of benzene rings is 1. The zero-order chi connectivity index (χ0) is 16.6. The van der Waals surface area contributed by atoms with Gasteiger partial charge in [0, 0.05) is 31.4 Å². The third-order valence-corrected chi connectivity index (χ3v) is 7.66. The Kier molecular flexibility index (Phi) is 4.69. The number of piperazine rings is 1. The number of rotatable bonds is 3. The van der Waals surface area contributed by atoms with Crippen LogP contribution in [0.5, 0.6) is 0 Å². The van der Waals surface area contributed by atoms with E-state index in [4.69, 9.17) is 11.6 Å². The van der Waals surface area contributed by atoms with Crippen LogP contribution in [-0.2, 0) is 10.0 Å². The maximum atomic E-state index is 12.7. The number of halogens is 1. The number of thiophene rings is 1.